The van der Waals surface area contributed by atoms with Crippen LogP contribution < -0.4 is 15.1 Å². The van der Waals surface area contributed by atoms with Crippen molar-refractivity contribution in [1.29, 1.82) is 0 Å². The van der Waals surface area contributed by atoms with E-state index in [2.05, 4.69) is 5.32 Å². The highest BCUT2D eigenvalue weighted by atomic mass is 35.5. The SMILES string of the molecule is CN(C)c1ccc(Cl)cc1NC(=O)C1CC(=O)N(c2ccccc2)C1. The number of amides is 2. The molecule has 5 nitrogen and oxygen atoms in total. The van der Waals surface area contributed by atoms with Crippen LogP contribution in [0.3, 0.4) is 0 Å². The van der Waals surface area contributed by atoms with Crippen molar-refractivity contribution in [3.63, 3.8) is 0 Å². The lowest BCUT2D eigenvalue weighted by Gasteiger charge is -2.20. The number of halogens is 1. The Bertz CT molecular complexity index is 793. The molecule has 1 aliphatic heterocycles. The number of carbonyl (C=O) groups is 2. The van der Waals surface area contributed by atoms with Crippen molar-refractivity contribution in [2.75, 3.05) is 35.8 Å². The van der Waals surface area contributed by atoms with E-state index in [9.17, 15) is 9.59 Å². The number of hydrogen-bond donors (Lipinski definition) is 1. The molecule has 2 amide bonds. The minimum Gasteiger partial charge on any atom is -0.376 e. The van der Waals surface area contributed by atoms with E-state index in [-0.39, 0.29) is 24.2 Å². The summed E-state index contributed by atoms with van der Waals surface area (Å²) in [6.45, 7) is 0.381. The van der Waals surface area contributed by atoms with Gasteiger partial charge in [0.1, 0.15) is 0 Å². The standard InChI is InChI=1S/C19H20ClN3O2/c1-22(2)17-9-8-14(20)11-16(17)21-19(25)13-10-18(24)23(12-13)15-6-4-3-5-7-15/h3-9,11,13H,10,12H2,1-2H3,(H,21,25). The lowest BCUT2D eigenvalue weighted by molar-refractivity contribution is -0.122. The van der Waals surface area contributed by atoms with Crippen LogP contribution in [-0.2, 0) is 9.59 Å². The van der Waals surface area contributed by atoms with Crippen LogP contribution in [0.4, 0.5) is 17.1 Å². The highest BCUT2D eigenvalue weighted by Crippen LogP contribution is 2.30. The number of para-hydroxylation sites is 1. The maximum absolute atomic E-state index is 12.7. The van der Waals surface area contributed by atoms with Gasteiger partial charge in [-0.15, -0.1) is 0 Å². The molecule has 2 aromatic carbocycles. The van der Waals surface area contributed by atoms with Crippen LogP contribution in [0.25, 0.3) is 0 Å². The first-order valence-electron chi connectivity index (χ1n) is 8.09. The van der Waals surface area contributed by atoms with E-state index >= 15 is 0 Å². The largest absolute Gasteiger partial charge is 0.376 e. The minimum atomic E-state index is -0.387. The van der Waals surface area contributed by atoms with E-state index in [0.29, 0.717) is 17.3 Å². The van der Waals surface area contributed by atoms with Gasteiger partial charge in [-0.25, -0.2) is 0 Å². The van der Waals surface area contributed by atoms with Gasteiger partial charge in [0.2, 0.25) is 11.8 Å². The van der Waals surface area contributed by atoms with Gasteiger partial charge < -0.3 is 15.1 Å². The van der Waals surface area contributed by atoms with Crippen molar-refractivity contribution in [3.8, 4) is 0 Å². The maximum atomic E-state index is 12.7. The lowest BCUT2D eigenvalue weighted by atomic mass is 10.1. The predicted octanol–water partition coefficient (Wildman–Crippen LogP) is 3.40. The van der Waals surface area contributed by atoms with Crippen LogP contribution in [0.2, 0.25) is 5.02 Å². The first kappa shape index (κ1) is 17.3. The molecule has 0 radical (unpaired) electrons. The third-order valence-electron chi connectivity index (χ3n) is 4.26. The number of nitrogens with one attached hydrogen (secondary N) is 1. The average Bonchev–Trinajstić information content (AvgIpc) is 2.97. The van der Waals surface area contributed by atoms with Crippen LogP contribution in [0, 0.1) is 5.92 Å². The van der Waals surface area contributed by atoms with Crippen LogP contribution in [0.15, 0.2) is 48.5 Å². The molecule has 1 heterocycles. The molecule has 0 spiro atoms. The Morgan fingerprint density at radius 1 is 1.20 bits per heavy atom. The summed E-state index contributed by atoms with van der Waals surface area (Å²) in [5.41, 5.74) is 2.33. The molecule has 0 aromatic heterocycles. The molecule has 6 heteroatoms. The summed E-state index contributed by atoms with van der Waals surface area (Å²) in [6, 6.07) is 14.8. The van der Waals surface area contributed by atoms with Gasteiger partial charge in [0.15, 0.2) is 0 Å². The molecule has 1 N–H and O–H groups in total. The number of benzene rings is 2. The highest BCUT2D eigenvalue weighted by molar-refractivity contribution is 6.31. The fraction of sp³-hybridized carbons (Fsp3) is 0.263. The molecule has 1 saturated heterocycles. The van der Waals surface area contributed by atoms with Gasteiger partial charge in [0.05, 0.1) is 17.3 Å². The molecule has 0 saturated carbocycles. The van der Waals surface area contributed by atoms with Gasteiger partial charge in [-0.2, -0.15) is 0 Å². The van der Waals surface area contributed by atoms with E-state index < -0.39 is 0 Å². The smallest absolute Gasteiger partial charge is 0.229 e. The Balaban J connectivity index is 1.75. The van der Waals surface area contributed by atoms with Gasteiger partial charge >= 0.3 is 0 Å². The zero-order valence-corrected chi connectivity index (χ0v) is 15.0. The second kappa shape index (κ2) is 7.15. The van der Waals surface area contributed by atoms with E-state index in [1.54, 1.807) is 17.0 Å². The molecule has 0 bridgehead atoms. The molecule has 2 aromatic rings. The van der Waals surface area contributed by atoms with E-state index in [1.165, 1.54) is 0 Å². The van der Waals surface area contributed by atoms with Gasteiger partial charge in [-0.1, -0.05) is 29.8 Å². The molecule has 1 aliphatic rings. The summed E-state index contributed by atoms with van der Waals surface area (Å²) in [7, 11) is 3.80. The van der Waals surface area contributed by atoms with Crippen molar-refractivity contribution in [3.05, 3.63) is 53.6 Å². The number of rotatable bonds is 4. The zero-order valence-electron chi connectivity index (χ0n) is 14.2. The van der Waals surface area contributed by atoms with Crippen molar-refractivity contribution in [2.24, 2.45) is 5.92 Å². The number of carbonyl (C=O) groups excluding carboxylic acids is 2. The van der Waals surface area contributed by atoms with Crippen LogP contribution >= 0.6 is 11.6 Å². The first-order chi connectivity index (χ1) is 12.0. The van der Waals surface area contributed by atoms with Crippen molar-refractivity contribution in [1.82, 2.24) is 0 Å². The Morgan fingerprint density at radius 3 is 2.60 bits per heavy atom. The third kappa shape index (κ3) is 3.77. The number of hydrogen-bond acceptors (Lipinski definition) is 3. The van der Waals surface area contributed by atoms with Crippen molar-refractivity contribution >= 4 is 40.5 Å². The Morgan fingerprint density at radius 2 is 1.92 bits per heavy atom. The van der Waals surface area contributed by atoms with Crippen LogP contribution in [0.1, 0.15) is 6.42 Å². The second-order valence-corrected chi connectivity index (χ2v) is 6.72. The van der Waals surface area contributed by atoms with E-state index in [4.69, 9.17) is 11.6 Å². The normalized spacial score (nSPS) is 16.8. The fourth-order valence-electron chi connectivity index (χ4n) is 2.97. The van der Waals surface area contributed by atoms with Crippen molar-refractivity contribution in [2.45, 2.75) is 6.42 Å². The van der Waals surface area contributed by atoms with Crippen molar-refractivity contribution < 1.29 is 9.59 Å². The lowest BCUT2D eigenvalue weighted by Crippen LogP contribution is -2.28. The highest BCUT2D eigenvalue weighted by Gasteiger charge is 2.35. The second-order valence-electron chi connectivity index (χ2n) is 6.29. The fourth-order valence-corrected chi connectivity index (χ4v) is 3.15. The molecule has 1 fully saturated rings. The third-order valence-corrected chi connectivity index (χ3v) is 4.50. The quantitative estimate of drug-likeness (QED) is 0.912. The molecular weight excluding hydrogens is 338 g/mol. The molecule has 25 heavy (non-hydrogen) atoms. The molecule has 3 rings (SSSR count). The Labute approximate surface area is 152 Å². The minimum absolute atomic E-state index is 0.0368. The summed E-state index contributed by atoms with van der Waals surface area (Å²) >= 11 is 6.06. The van der Waals surface area contributed by atoms with Gasteiger partial charge in [-0.05, 0) is 30.3 Å². The van der Waals surface area contributed by atoms with Gasteiger partial charge in [0.25, 0.3) is 0 Å². The summed E-state index contributed by atoms with van der Waals surface area (Å²) in [5.74, 6) is -0.593. The predicted molar refractivity (Wildman–Crippen MR) is 101 cm³/mol. The van der Waals surface area contributed by atoms with Crippen LogP contribution in [-0.4, -0.2) is 32.5 Å². The Kier molecular flexibility index (Phi) is 4.95. The zero-order chi connectivity index (χ0) is 18.0. The van der Waals surface area contributed by atoms with Gasteiger partial charge in [-0.3, -0.25) is 9.59 Å². The maximum Gasteiger partial charge on any atom is 0.229 e. The first-order valence-corrected chi connectivity index (χ1v) is 8.46. The number of anilines is 3. The molecular formula is C19H20ClN3O2. The summed E-state index contributed by atoms with van der Waals surface area (Å²) in [6.07, 6.45) is 0.207. The Hall–Kier alpha value is -2.53. The summed E-state index contributed by atoms with van der Waals surface area (Å²) in [4.78, 5) is 28.5. The monoisotopic (exact) mass is 357 g/mol. The molecule has 1 atom stereocenters. The molecule has 130 valence electrons. The van der Waals surface area contributed by atoms with Gasteiger partial charge in [0, 0.05) is 37.8 Å². The summed E-state index contributed by atoms with van der Waals surface area (Å²) in [5, 5.41) is 3.47. The van der Waals surface area contributed by atoms with Crippen LogP contribution in [0.5, 0.6) is 0 Å². The average molecular weight is 358 g/mol. The number of nitrogens with zero attached hydrogens (tertiary/aromatic N) is 2. The van der Waals surface area contributed by atoms with E-state index in [0.717, 1.165) is 11.4 Å². The summed E-state index contributed by atoms with van der Waals surface area (Å²) < 4.78 is 0. The molecule has 1 unspecified atom stereocenters. The molecule has 0 aliphatic carbocycles. The van der Waals surface area contributed by atoms with E-state index in [1.807, 2.05) is 55.4 Å². The topological polar surface area (TPSA) is 52.7 Å².